The molecule has 1 aromatic heterocycles. The molecule has 0 saturated carbocycles. The molecule has 0 aliphatic heterocycles. The van der Waals surface area contributed by atoms with Gasteiger partial charge >= 0.3 is 0 Å². The normalized spacial score (nSPS) is 18.4. The van der Waals surface area contributed by atoms with Crippen LogP contribution >= 0.6 is 0 Å². The van der Waals surface area contributed by atoms with Gasteiger partial charge < -0.3 is 0 Å². The van der Waals surface area contributed by atoms with Gasteiger partial charge in [0.2, 0.25) is 0 Å². The smallest absolute Gasteiger partial charge is 0.190 e. The molecule has 0 amide bonds. The highest BCUT2D eigenvalue weighted by molar-refractivity contribution is 6.03. The number of allylic oxidation sites excluding steroid dienone is 1. The predicted octanol–water partition coefficient (Wildman–Crippen LogP) is 2.87. The third-order valence-electron chi connectivity index (χ3n) is 3.09. The lowest BCUT2D eigenvalue weighted by molar-refractivity contribution is 0.0936. The molecule has 0 fully saturated rings. The summed E-state index contributed by atoms with van der Waals surface area (Å²) < 4.78 is 0. The Labute approximate surface area is 99.2 Å². The summed E-state index contributed by atoms with van der Waals surface area (Å²) in [5.41, 5.74) is 2.82. The zero-order valence-corrected chi connectivity index (χ0v) is 9.55. The zero-order valence-electron chi connectivity index (χ0n) is 9.55. The van der Waals surface area contributed by atoms with Gasteiger partial charge in [0.1, 0.15) is 5.69 Å². The first-order valence-corrected chi connectivity index (χ1v) is 5.79. The third kappa shape index (κ3) is 1.55. The lowest BCUT2D eigenvalue weighted by atomic mass is 9.92. The molecule has 1 unspecified atom stereocenters. The van der Waals surface area contributed by atoms with Crippen molar-refractivity contribution in [2.75, 3.05) is 0 Å². The molecule has 1 atom stereocenters. The summed E-state index contributed by atoms with van der Waals surface area (Å²) in [7, 11) is 0. The molecule has 1 aliphatic carbocycles. The molecule has 0 radical (unpaired) electrons. The Balaban J connectivity index is 2.24. The van der Waals surface area contributed by atoms with E-state index in [1.54, 1.807) is 0 Å². The van der Waals surface area contributed by atoms with Gasteiger partial charge in [-0.3, -0.25) is 4.79 Å². The lowest BCUT2D eigenvalue weighted by Crippen LogP contribution is -2.19. The van der Waals surface area contributed by atoms with E-state index in [0.29, 0.717) is 11.4 Å². The van der Waals surface area contributed by atoms with Gasteiger partial charge in [0.05, 0.1) is 16.7 Å². The van der Waals surface area contributed by atoms with Gasteiger partial charge in [-0.1, -0.05) is 25.1 Å². The Morgan fingerprint density at radius 2 is 1.88 bits per heavy atom. The van der Waals surface area contributed by atoms with Crippen molar-refractivity contribution in [1.82, 2.24) is 9.97 Å². The SMILES string of the molecule is CCC1C=Cc2nc3ccccc3nc2C1=O. The van der Waals surface area contributed by atoms with E-state index < -0.39 is 0 Å². The lowest BCUT2D eigenvalue weighted by Gasteiger charge is -2.15. The predicted molar refractivity (Wildman–Crippen MR) is 66.7 cm³/mol. The van der Waals surface area contributed by atoms with Crippen LogP contribution in [-0.4, -0.2) is 15.8 Å². The van der Waals surface area contributed by atoms with Gasteiger partial charge in [-0.25, -0.2) is 9.97 Å². The molecule has 0 bridgehead atoms. The number of para-hydroxylation sites is 2. The molecular formula is C14H12N2O. The maximum Gasteiger partial charge on any atom is 0.190 e. The Hall–Kier alpha value is -2.03. The third-order valence-corrected chi connectivity index (χ3v) is 3.09. The molecule has 1 aromatic carbocycles. The highest BCUT2D eigenvalue weighted by Crippen LogP contribution is 2.24. The molecule has 1 aliphatic rings. The molecule has 17 heavy (non-hydrogen) atoms. The van der Waals surface area contributed by atoms with Crippen LogP contribution in [0, 0.1) is 5.92 Å². The van der Waals surface area contributed by atoms with Crippen LogP contribution in [0.2, 0.25) is 0 Å². The van der Waals surface area contributed by atoms with E-state index in [1.165, 1.54) is 0 Å². The first kappa shape index (κ1) is 10.1. The number of fused-ring (bicyclic) bond motifs is 2. The van der Waals surface area contributed by atoms with E-state index in [4.69, 9.17) is 0 Å². The summed E-state index contributed by atoms with van der Waals surface area (Å²) in [6.07, 6.45) is 4.64. The van der Waals surface area contributed by atoms with Crippen molar-refractivity contribution in [2.45, 2.75) is 13.3 Å². The summed E-state index contributed by atoms with van der Waals surface area (Å²) in [4.78, 5) is 21.0. The zero-order chi connectivity index (χ0) is 11.8. The van der Waals surface area contributed by atoms with Crippen molar-refractivity contribution >= 4 is 22.9 Å². The van der Waals surface area contributed by atoms with Crippen LogP contribution in [0.15, 0.2) is 30.3 Å². The Bertz CT molecular complexity index is 631. The topological polar surface area (TPSA) is 42.9 Å². The number of ketones is 1. The van der Waals surface area contributed by atoms with Crippen molar-refractivity contribution in [2.24, 2.45) is 5.92 Å². The number of nitrogens with zero attached hydrogens (tertiary/aromatic N) is 2. The van der Waals surface area contributed by atoms with Crippen LogP contribution < -0.4 is 0 Å². The molecule has 3 rings (SSSR count). The monoisotopic (exact) mass is 224 g/mol. The van der Waals surface area contributed by atoms with Crippen LogP contribution in [0.5, 0.6) is 0 Å². The van der Waals surface area contributed by atoms with Crippen LogP contribution in [0.4, 0.5) is 0 Å². The molecule has 2 aromatic rings. The maximum atomic E-state index is 12.1. The summed E-state index contributed by atoms with van der Waals surface area (Å²) in [6, 6.07) is 7.62. The van der Waals surface area contributed by atoms with Gasteiger partial charge in [0, 0.05) is 5.92 Å². The first-order valence-electron chi connectivity index (χ1n) is 5.79. The van der Waals surface area contributed by atoms with Crippen molar-refractivity contribution < 1.29 is 4.79 Å². The second kappa shape index (κ2) is 3.77. The summed E-state index contributed by atoms with van der Waals surface area (Å²) in [6.45, 7) is 2.01. The fourth-order valence-corrected chi connectivity index (χ4v) is 2.10. The second-order valence-electron chi connectivity index (χ2n) is 4.18. The molecule has 3 heteroatoms. The van der Waals surface area contributed by atoms with Crippen molar-refractivity contribution in [3.8, 4) is 0 Å². The van der Waals surface area contributed by atoms with Crippen LogP contribution in [-0.2, 0) is 0 Å². The van der Waals surface area contributed by atoms with E-state index in [0.717, 1.165) is 17.5 Å². The Morgan fingerprint density at radius 3 is 2.59 bits per heavy atom. The average molecular weight is 224 g/mol. The summed E-state index contributed by atoms with van der Waals surface area (Å²) in [5, 5.41) is 0. The summed E-state index contributed by atoms with van der Waals surface area (Å²) in [5.74, 6) is 0.0428. The van der Waals surface area contributed by atoms with Gasteiger partial charge in [-0.05, 0) is 24.6 Å². The molecule has 3 nitrogen and oxygen atoms in total. The minimum Gasteiger partial charge on any atom is -0.292 e. The van der Waals surface area contributed by atoms with Crippen LogP contribution in [0.25, 0.3) is 17.1 Å². The number of carbonyl (C=O) groups is 1. The second-order valence-corrected chi connectivity index (χ2v) is 4.18. The number of hydrogen-bond donors (Lipinski definition) is 0. The number of benzene rings is 1. The van der Waals surface area contributed by atoms with E-state index in [2.05, 4.69) is 9.97 Å². The number of carbonyl (C=O) groups excluding carboxylic acids is 1. The van der Waals surface area contributed by atoms with E-state index >= 15 is 0 Å². The van der Waals surface area contributed by atoms with Crippen molar-refractivity contribution in [3.05, 3.63) is 41.7 Å². The Kier molecular flexibility index (Phi) is 2.25. The largest absolute Gasteiger partial charge is 0.292 e. The molecule has 0 N–H and O–H groups in total. The van der Waals surface area contributed by atoms with Gasteiger partial charge in [0.15, 0.2) is 5.78 Å². The van der Waals surface area contributed by atoms with Gasteiger partial charge in [0.25, 0.3) is 0 Å². The van der Waals surface area contributed by atoms with Crippen molar-refractivity contribution in [1.29, 1.82) is 0 Å². The quantitative estimate of drug-likeness (QED) is 0.748. The number of aromatic nitrogens is 2. The average Bonchev–Trinajstić information content (AvgIpc) is 2.37. The van der Waals surface area contributed by atoms with Crippen LogP contribution in [0.1, 0.15) is 29.5 Å². The number of rotatable bonds is 1. The van der Waals surface area contributed by atoms with Crippen molar-refractivity contribution in [3.63, 3.8) is 0 Å². The fraction of sp³-hybridized carbons (Fsp3) is 0.214. The molecule has 0 saturated heterocycles. The number of Topliss-reactive ketones (excluding diaryl/α,β-unsaturated/α-hetero) is 1. The first-order chi connectivity index (χ1) is 8.29. The van der Waals surface area contributed by atoms with E-state index in [-0.39, 0.29) is 11.7 Å². The molecule has 84 valence electrons. The Morgan fingerprint density at radius 1 is 1.18 bits per heavy atom. The fourth-order valence-electron chi connectivity index (χ4n) is 2.10. The van der Waals surface area contributed by atoms with Crippen LogP contribution in [0.3, 0.4) is 0 Å². The number of hydrogen-bond acceptors (Lipinski definition) is 3. The van der Waals surface area contributed by atoms with Gasteiger partial charge in [-0.15, -0.1) is 0 Å². The minimum atomic E-state index is -0.0436. The standard InChI is InChI=1S/C14H12N2O/c1-2-9-7-8-12-13(14(9)17)16-11-6-4-3-5-10(11)15-12/h3-9H,2H2,1H3. The van der Waals surface area contributed by atoms with E-state index in [9.17, 15) is 4.79 Å². The highest BCUT2D eigenvalue weighted by atomic mass is 16.1. The molecule has 0 spiro atoms. The molecular weight excluding hydrogens is 212 g/mol. The van der Waals surface area contributed by atoms with E-state index in [1.807, 2.05) is 43.3 Å². The summed E-state index contributed by atoms with van der Waals surface area (Å²) >= 11 is 0. The maximum absolute atomic E-state index is 12.1. The molecule has 1 heterocycles. The highest BCUT2D eigenvalue weighted by Gasteiger charge is 2.24. The van der Waals surface area contributed by atoms with Gasteiger partial charge in [-0.2, -0.15) is 0 Å². The minimum absolute atomic E-state index is 0.0436.